The van der Waals surface area contributed by atoms with Gasteiger partial charge in [0.2, 0.25) is 0 Å². The van der Waals surface area contributed by atoms with Crippen molar-refractivity contribution >= 4 is 5.69 Å². The average Bonchev–Trinajstić information content (AvgIpc) is 3.14. The lowest BCUT2D eigenvalue weighted by Crippen LogP contribution is -2.44. The van der Waals surface area contributed by atoms with Gasteiger partial charge in [0.25, 0.3) is 0 Å². The van der Waals surface area contributed by atoms with Crippen LogP contribution in [0, 0.1) is 13.8 Å². The number of nitrogens with zero attached hydrogens (tertiary/aromatic N) is 3. The van der Waals surface area contributed by atoms with Crippen LogP contribution in [0.5, 0.6) is 0 Å². The van der Waals surface area contributed by atoms with E-state index >= 15 is 0 Å². The fraction of sp³-hybridized carbons (Fsp3) is 0.400. The molecule has 1 fully saturated rings. The van der Waals surface area contributed by atoms with Crippen molar-refractivity contribution in [1.29, 1.82) is 0 Å². The van der Waals surface area contributed by atoms with Gasteiger partial charge >= 0.3 is 0 Å². The van der Waals surface area contributed by atoms with Gasteiger partial charge in [-0.2, -0.15) is 0 Å². The minimum Gasteiger partial charge on any atom is -0.372 e. The normalized spacial score (nSPS) is 15.6. The number of hydrogen-bond donors (Lipinski definition) is 1. The molecule has 4 nitrogen and oxygen atoms in total. The summed E-state index contributed by atoms with van der Waals surface area (Å²) in [5.74, 6) is 0.987. The van der Waals surface area contributed by atoms with E-state index in [9.17, 15) is 0 Å². The van der Waals surface area contributed by atoms with Crippen LogP contribution < -0.4 is 4.90 Å². The minimum atomic E-state index is 0.633. The molecule has 1 saturated heterocycles. The number of rotatable bonds is 6. The second-order valence-corrected chi connectivity index (χ2v) is 8.29. The monoisotopic (exact) mass is 388 g/mol. The molecule has 1 aliphatic rings. The molecule has 0 saturated carbocycles. The van der Waals surface area contributed by atoms with E-state index < -0.39 is 0 Å². The molecular weight excluding hydrogens is 356 g/mol. The van der Waals surface area contributed by atoms with Gasteiger partial charge in [-0.05, 0) is 38.8 Å². The Hall–Kier alpha value is -2.59. The summed E-state index contributed by atoms with van der Waals surface area (Å²) in [4.78, 5) is 13.4. The number of likely N-dealkylation sites (tertiary alicyclic amines) is 1. The first kappa shape index (κ1) is 19.7. The Morgan fingerprint density at radius 2 is 1.69 bits per heavy atom. The lowest BCUT2D eigenvalue weighted by atomic mass is 10.0. The van der Waals surface area contributed by atoms with Crippen molar-refractivity contribution in [3.05, 3.63) is 71.5 Å². The molecule has 0 amide bonds. The van der Waals surface area contributed by atoms with Crippen LogP contribution in [0.2, 0.25) is 0 Å². The van der Waals surface area contributed by atoms with Crippen molar-refractivity contribution < 1.29 is 0 Å². The number of aromatic nitrogens is 2. The van der Waals surface area contributed by atoms with Crippen LogP contribution >= 0.6 is 0 Å². The van der Waals surface area contributed by atoms with Gasteiger partial charge < -0.3 is 14.8 Å². The molecule has 0 aliphatic carbocycles. The van der Waals surface area contributed by atoms with Crippen molar-refractivity contribution in [2.24, 2.45) is 0 Å². The number of anilines is 1. The number of piperidine rings is 1. The number of benzene rings is 2. The third-order valence-corrected chi connectivity index (χ3v) is 6.24. The predicted octanol–water partition coefficient (Wildman–Crippen LogP) is 4.84. The first-order valence-corrected chi connectivity index (χ1v) is 10.7. The van der Waals surface area contributed by atoms with Gasteiger partial charge in [-0.15, -0.1) is 0 Å². The van der Waals surface area contributed by atoms with E-state index in [4.69, 9.17) is 4.98 Å². The topological polar surface area (TPSA) is 35.2 Å². The number of nitrogens with one attached hydrogen (secondary N) is 1. The summed E-state index contributed by atoms with van der Waals surface area (Å²) in [7, 11) is 2.23. The minimum absolute atomic E-state index is 0.633. The third kappa shape index (κ3) is 4.70. The molecule has 4 rings (SSSR count). The van der Waals surface area contributed by atoms with E-state index in [1.165, 1.54) is 35.5 Å². The summed E-state index contributed by atoms with van der Waals surface area (Å²) in [6, 6.07) is 20.0. The fourth-order valence-electron chi connectivity index (χ4n) is 4.26. The molecule has 0 atom stereocenters. The predicted molar refractivity (Wildman–Crippen MR) is 122 cm³/mol. The van der Waals surface area contributed by atoms with E-state index in [1.54, 1.807) is 0 Å². The highest BCUT2D eigenvalue weighted by atomic mass is 15.2. The maximum absolute atomic E-state index is 4.89. The molecule has 2 heterocycles. The number of imidazole rings is 1. The van der Waals surface area contributed by atoms with Gasteiger partial charge in [-0.1, -0.05) is 48.0 Å². The second-order valence-electron chi connectivity index (χ2n) is 8.29. The van der Waals surface area contributed by atoms with Gasteiger partial charge in [-0.3, -0.25) is 0 Å². The quantitative estimate of drug-likeness (QED) is 0.656. The van der Waals surface area contributed by atoms with Gasteiger partial charge in [-0.25, -0.2) is 4.98 Å². The molecule has 29 heavy (non-hydrogen) atoms. The first-order valence-electron chi connectivity index (χ1n) is 10.7. The number of hydrogen-bond acceptors (Lipinski definition) is 3. The number of aromatic amines is 1. The zero-order valence-corrected chi connectivity index (χ0v) is 17.9. The Labute approximate surface area is 174 Å². The van der Waals surface area contributed by atoms with Crippen molar-refractivity contribution in [3.63, 3.8) is 0 Å². The summed E-state index contributed by atoms with van der Waals surface area (Å²) in [6.07, 6.45) is 3.45. The summed E-state index contributed by atoms with van der Waals surface area (Å²) >= 11 is 0. The van der Waals surface area contributed by atoms with Gasteiger partial charge in [0.15, 0.2) is 0 Å². The van der Waals surface area contributed by atoms with E-state index in [0.717, 1.165) is 37.4 Å². The van der Waals surface area contributed by atoms with E-state index in [1.807, 2.05) is 0 Å². The number of aryl methyl sites for hydroxylation is 2. The molecule has 0 spiro atoms. The molecule has 0 unspecified atom stereocenters. The van der Waals surface area contributed by atoms with Gasteiger partial charge in [0.1, 0.15) is 5.82 Å². The zero-order chi connectivity index (χ0) is 20.2. The molecule has 0 bridgehead atoms. The van der Waals surface area contributed by atoms with Crippen LogP contribution in [0.25, 0.3) is 11.4 Å². The van der Waals surface area contributed by atoms with Crippen molar-refractivity contribution in [1.82, 2.24) is 14.9 Å². The summed E-state index contributed by atoms with van der Waals surface area (Å²) < 4.78 is 0. The van der Waals surface area contributed by atoms with Crippen molar-refractivity contribution in [2.75, 3.05) is 31.6 Å². The average molecular weight is 389 g/mol. The SMILES string of the molecule is Cc1ccc(-c2nc(CCN3CCC(N(C)c4ccccc4)CC3)c(C)[nH]2)cc1. The first-order chi connectivity index (χ1) is 14.1. The summed E-state index contributed by atoms with van der Waals surface area (Å²) in [5, 5.41) is 0. The summed E-state index contributed by atoms with van der Waals surface area (Å²) in [5.41, 5.74) is 6.15. The maximum Gasteiger partial charge on any atom is 0.137 e. The maximum atomic E-state index is 4.89. The van der Waals surface area contributed by atoms with Gasteiger partial charge in [0, 0.05) is 56.1 Å². The lowest BCUT2D eigenvalue weighted by molar-refractivity contribution is 0.212. The van der Waals surface area contributed by atoms with Crippen LogP contribution in [0.15, 0.2) is 54.6 Å². The van der Waals surface area contributed by atoms with Crippen LogP contribution in [0.1, 0.15) is 29.8 Å². The Kier molecular flexibility index (Phi) is 6.00. The largest absolute Gasteiger partial charge is 0.372 e. The Balaban J connectivity index is 1.30. The molecule has 2 aromatic carbocycles. The fourth-order valence-corrected chi connectivity index (χ4v) is 4.26. The van der Waals surface area contributed by atoms with E-state index in [2.05, 4.69) is 90.3 Å². The molecule has 1 N–H and O–H groups in total. The van der Waals surface area contributed by atoms with Crippen LogP contribution in [0.4, 0.5) is 5.69 Å². The standard InChI is InChI=1S/C25H32N4/c1-19-9-11-21(12-10-19)25-26-20(2)24(27-25)15-18-29-16-13-23(14-17-29)28(3)22-7-5-4-6-8-22/h4-12,23H,13-18H2,1-3H3,(H,26,27). The Morgan fingerprint density at radius 3 is 2.38 bits per heavy atom. The molecule has 1 aromatic heterocycles. The van der Waals surface area contributed by atoms with Crippen LogP contribution in [-0.2, 0) is 6.42 Å². The van der Waals surface area contributed by atoms with E-state index in [-0.39, 0.29) is 0 Å². The summed E-state index contributed by atoms with van der Waals surface area (Å²) in [6.45, 7) is 7.66. The highest BCUT2D eigenvalue weighted by Gasteiger charge is 2.23. The molecule has 0 radical (unpaired) electrons. The number of H-pyrrole nitrogens is 1. The molecule has 3 aromatic rings. The van der Waals surface area contributed by atoms with Crippen molar-refractivity contribution in [2.45, 2.75) is 39.2 Å². The van der Waals surface area contributed by atoms with Crippen LogP contribution in [0.3, 0.4) is 0 Å². The van der Waals surface area contributed by atoms with Gasteiger partial charge in [0.05, 0.1) is 5.69 Å². The van der Waals surface area contributed by atoms with Crippen LogP contribution in [-0.4, -0.2) is 47.6 Å². The smallest absolute Gasteiger partial charge is 0.137 e. The highest BCUT2D eigenvalue weighted by molar-refractivity contribution is 5.56. The zero-order valence-electron chi connectivity index (χ0n) is 17.9. The highest BCUT2D eigenvalue weighted by Crippen LogP contribution is 2.23. The Bertz CT molecular complexity index is 906. The van der Waals surface area contributed by atoms with E-state index in [0.29, 0.717) is 6.04 Å². The second kappa shape index (κ2) is 8.83. The number of para-hydroxylation sites is 1. The lowest BCUT2D eigenvalue weighted by Gasteiger charge is -2.37. The third-order valence-electron chi connectivity index (χ3n) is 6.24. The molecule has 1 aliphatic heterocycles. The van der Waals surface area contributed by atoms with Crippen molar-refractivity contribution in [3.8, 4) is 11.4 Å². The molecule has 152 valence electrons. The molecule has 4 heteroatoms. The Morgan fingerprint density at radius 1 is 1.00 bits per heavy atom. The molecular formula is C25H32N4.